The van der Waals surface area contributed by atoms with Crippen LogP contribution in [0.4, 0.5) is 20.3 Å². The number of carbonyl (C=O) groups excluding carboxylic acids is 1. The van der Waals surface area contributed by atoms with Crippen molar-refractivity contribution in [2.45, 2.75) is 39.2 Å². The number of rotatable bonds is 3. The van der Waals surface area contributed by atoms with E-state index in [2.05, 4.69) is 31.7 Å². The van der Waals surface area contributed by atoms with E-state index in [0.717, 1.165) is 0 Å². The van der Waals surface area contributed by atoms with E-state index in [1.54, 1.807) is 6.20 Å². The molecule has 1 aromatic carbocycles. The maximum Gasteiger partial charge on any atom is 0.355 e. The molecule has 43 heavy (non-hydrogen) atoms. The molecule has 2 N–H and O–H groups in total. The largest absolute Gasteiger partial charge is 0.355 e. The first-order valence-corrected chi connectivity index (χ1v) is 14.3. The Morgan fingerprint density at radius 2 is 2.02 bits per heavy atom. The van der Waals surface area contributed by atoms with Gasteiger partial charge in [0.1, 0.15) is 17.3 Å². The van der Waals surface area contributed by atoms with Gasteiger partial charge in [0, 0.05) is 38.3 Å². The van der Waals surface area contributed by atoms with Crippen LogP contribution in [0.15, 0.2) is 52.4 Å². The number of halogens is 2. The number of piperazine rings is 1. The van der Waals surface area contributed by atoms with E-state index in [-0.39, 0.29) is 70.4 Å². The van der Waals surface area contributed by atoms with E-state index in [0.29, 0.717) is 37.5 Å². The molecule has 1 saturated heterocycles. The van der Waals surface area contributed by atoms with Crippen LogP contribution in [0.2, 0.25) is 0 Å². The Morgan fingerprint density at radius 1 is 1.19 bits per heavy atom. The highest BCUT2D eigenvalue weighted by atomic mass is 19.1. The third-order valence-corrected chi connectivity index (χ3v) is 7.89. The molecule has 0 aliphatic carbocycles. The standard InChI is InChI=1S/C31H30F2N8O2/c1-17(2)27-24-14-18(9-11-36-27)6-7-25(42)37-23-5-3-4-21(32)26(23)28-22(33)15-20-29(39-31(43)41(24)30(20)38-28)40-13-12-35-19(16-40)8-10-34/h3-5,9,11,14-15,17-19,35H,6-8,12-13,16H2,1-2H3,(H,37,42)/t18?,19-/m0/s1. The summed E-state index contributed by atoms with van der Waals surface area (Å²) in [5.74, 6) is -2.13. The zero-order valence-corrected chi connectivity index (χ0v) is 23.8. The molecule has 2 atom stereocenters. The number of nitrogens with one attached hydrogen (secondary N) is 2. The number of anilines is 2. The van der Waals surface area contributed by atoms with Crippen LogP contribution in [-0.4, -0.2) is 51.8 Å². The average Bonchev–Trinajstić information content (AvgIpc) is 3.18. The molecule has 220 valence electrons. The smallest absolute Gasteiger partial charge is 0.353 e. The fourth-order valence-electron chi connectivity index (χ4n) is 5.84. The summed E-state index contributed by atoms with van der Waals surface area (Å²) in [6.07, 6.45) is 6.12. The van der Waals surface area contributed by atoms with Gasteiger partial charge in [-0.25, -0.2) is 23.1 Å². The van der Waals surface area contributed by atoms with E-state index >= 15 is 8.78 Å². The fourth-order valence-corrected chi connectivity index (χ4v) is 5.84. The van der Waals surface area contributed by atoms with Crippen LogP contribution < -0.4 is 21.2 Å². The summed E-state index contributed by atoms with van der Waals surface area (Å²) in [6, 6.07) is 7.30. The van der Waals surface area contributed by atoms with Gasteiger partial charge in [-0.1, -0.05) is 32.1 Å². The molecule has 3 aromatic rings. The number of hydrogen-bond donors (Lipinski definition) is 2. The minimum Gasteiger partial charge on any atom is -0.353 e. The summed E-state index contributed by atoms with van der Waals surface area (Å²) in [4.78, 5) is 42.6. The van der Waals surface area contributed by atoms with Crippen molar-refractivity contribution in [1.29, 1.82) is 5.26 Å². The molecule has 2 aromatic heterocycles. The van der Waals surface area contributed by atoms with Crippen molar-refractivity contribution in [3.8, 4) is 17.3 Å². The van der Waals surface area contributed by atoms with Crippen molar-refractivity contribution in [3.63, 3.8) is 0 Å². The highest BCUT2D eigenvalue weighted by Crippen LogP contribution is 2.36. The summed E-state index contributed by atoms with van der Waals surface area (Å²) < 4.78 is 32.9. The highest BCUT2D eigenvalue weighted by molar-refractivity contribution is 6.21. The second kappa shape index (κ2) is 11.5. The van der Waals surface area contributed by atoms with Gasteiger partial charge >= 0.3 is 5.69 Å². The zero-order valence-electron chi connectivity index (χ0n) is 23.8. The first-order valence-electron chi connectivity index (χ1n) is 14.3. The maximum absolute atomic E-state index is 16.1. The minimum atomic E-state index is -0.841. The van der Waals surface area contributed by atoms with Crippen LogP contribution in [-0.2, 0) is 4.79 Å². The highest BCUT2D eigenvalue weighted by Gasteiger charge is 2.29. The van der Waals surface area contributed by atoms with E-state index in [1.165, 1.54) is 28.8 Å². The third-order valence-electron chi connectivity index (χ3n) is 7.89. The summed E-state index contributed by atoms with van der Waals surface area (Å²) in [7, 11) is 0. The average molecular weight is 585 g/mol. The molecule has 3 aliphatic rings. The number of hydrogen-bond acceptors (Lipinski definition) is 8. The zero-order chi connectivity index (χ0) is 30.2. The number of carbonyl (C=O) groups is 1. The fraction of sp³-hybridized carbons (Fsp3) is 0.355. The van der Waals surface area contributed by atoms with Gasteiger partial charge in [-0.2, -0.15) is 10.2 Å². The lowest BCUT2D eigenvalue weighted by Crippen LogP contribution is -2.51. The monoisotopic (exact) mass is 584 g/mol. The summed E-state index contributed by atoms with van der Waals surface area (Å²) in [5, 5.41) is 15.5. The van der Waals surface area contributed by atoms with Crippen molar-refractivity contribution in [2.75, 3.05) is 29.9 Å². The molecule has 1 unspecified atom stereocenters. The Morgan fingerprint density at radius 3 is 2.81 bits per heavy atom. The molecule has 0 spiro atoms. The summed E-state index contributed by atoms with van der Waals surface area (Å²) in [6.45, 7) is 5.26. The van der Waals surface area contributed by atoms with Crippen molar-refractivity contribution >= 4 is 39.9 Å². The van der Waals surface area contributed by atoms with Gasteiger partial charge in [-0.15, -0.1) is 0 Å². The van der Waals surface area contributed by atoms with Crippen molar-refractivity contribution in [3.05, 3.63) is 64.7 Å². The minimum absolute atomic E-state index is 0.0800. The number of benzene rings is 1. The number of nitrogens with zero attached hydrogens (tertiary/aromatic N) is 6. The normalized spacial score (nSPS) is 20.3. The molecule has 6 rings (SSSR count). The van der Waals surface area contributed by atoms with Crippen LogP contribution in [0.5, 0.6) is 0 Å². The van der Waals surface area contributed by atoms with Gasteiger partial charge in [0.2, 0.25) is 5.91 Å². The summed E-state index contributed by atoms with van der Waals surface area (Å²) in [5.41, 5.74) is -0.0269. The number of allylic oxidation sites excluding steroid dienone is 3. The van der Waals surface area contributed by atoms with Crippen LogP contribution in [0, 0.1) is 34.8 Å². The molecule has 12 heteroatoms. The second-order valence-electron chi connectivity index (χ2n) is 11.2. The predicted octanol–water partition coefficient (Wildman–Crippen LogP) is 4.24. The molecular formula is C31H30F2N8O2. The number of nitriles is 1. The van der Waals surface area contributed by atoms with E-state index in [1.807, 2.05) is 30.9 Å². The number of pyridine rings is 1. The topological polar surface area (TPSA) is 128 Å². The van der Waals surface area contributed by atoms with Gasteiger partial charge in [-0.05, 0) is 36.5 Å². The Balaban J connectivity index is 1.69. The quantitative estimate of drug-likeness (QED) is 0.471. The Labute approximate surface area is 246 Å². The van der Waals surface area contributed by atoms with Crippen LogP contribution in [0.1, 0.15) is 33.1 Å². The van der Waals surface area contributed by atoms with E-state index in [4.69, 9.17) is 0 Å². The number of aliphatic imine (C=N–C) groups is 1. The van der Waals surface area contributed by atoms with Crippen molar-refractivity contribution in [1.82, 2.24) is 19.9 Å². The molecule has 0 radical (unpaired) electrons. The molecule has 10 nitrogen and oxygen atoms in total. The lowest BCUT2D eigenvalue weighted by molar-refractivity contribution is -0.116. The summed E-state index contributed by atoms with van der Waals surface area (Å²) >= 11 is 0. The first-order chi connectivity index (χ1) is 20.7. The van der Waals surface area contributed by atoms with Gasteiger partial charge in [0.05, 0.1) is 40.5 Å². The molecule has 5 heterocycles. The Hall–Kier alpha value is -4.76. The van der Waals surface area contributed by atoms with Gasteiger partial charge in [0.15, 0.2) is 11.5 Å². The Kier molecular flexibility index (Phi) is 7.58. The van der Waals surface area contributed by atoms with Crippen LogP contribution in [0.3, 0.4) is 0 Å². The molecule has 4 bridgehead atoms. The number of amides is 1. The lowest BCUT2D eigenvalue weighted by atomic mass is 9.98. The van der Waals surface area contributed by atoms with Crippen LogP contribution in [0.25, 0.3) is 28.0 Å². The van der Waals surface area contributed by atoms with E-state index in [9.17, 15) is 14.9 Å². The molecular weight excluding hydrogens is 554 g/mol. The maximum atomic E-state index is 16.1. The second-order valence-corrected chi connectivity index (χ2v) is 11.2. The molecule has 1 fully saturated rings. The van der Waals surface area contributed by atoms with Gasteiger partial charge < -0.3 is 15.5 Å². The predicted molar refractivity (Wildman–Crippen MR) is 160 cm³/mol. The molecule has 3 aliphatic heterocycles. The van der Waals surface area contributed by atoms with Gasteiger partial charge in [-0.3, -0.25) is 9.79 Å². The lowest BCUT2D eigenvalue weighted by Gasteiger charge is -2.34. The molecule has 0 saturated carbocycles. The first kappa shape index (κ1) is 28.4. The van der Waals surface area contributed by atoms with Crippen molar-refractivity contribution < 1.29 is 13.6 Å². The Bertz CT molecular complexity index is 1820. The van der Waals surface area contributed by atoms with E-state index < -0.39 is 17.3 Å². The number of aromatic nitrogens is 3. The van der Waals surface area contributed by atoms with Crippen LogP contribution >= 0.6 is 0 Å². The number of fused-ring (bicyclic) bond motifs is 5. The third kappa shape index (κ3) is 5.32. The van der Waals surface area contributed by atoms with Crippen molar-refractivity contribution in [2.24, 2.45) is 16.8 Å². The SMILES string of the molecule is CC(C)C1=NC=CC2C=C1n1c(=O)nc(N3CCN[C@@H](CC#N)C3)c3cc(F)c(nc31)-c1c(F)cccc1NC(=O)CC2. The molecule has 1 amide bonds. The van der Waals surface area contributed by atoms with Gasteiger partial charge in [0.25, 0.3) is 0 Å².